The fourth-order valence-corrected chi connectivity index (χ4v) is 3.14. The molecule has 1 N–H and O–H groups in total. The Balaban J connectivity index is 1.91. The minimum Gasteiger partial charge on any atom is -0.308 e. The summed E-state index contributed by atoms with van der Waals surface area (Å²) in [6.45, 7) is 10.9. The predicted molar refractivity (Wildman–Crippen MR) is 75.5 cm³/mol. The maximum atomic E-state index is 4.50. The lowest BCUT2D eigenvalue weighted by Crippen LogP contribution is -2.37. The molecule has 1 aromatic heterocycles. The molecule has 0 saturated heterocycles. The topological polar surface area (TPSA) is 29.9 Å². The molecule has 0 aromatic carbocycles. The smallest absolute Gasteiger partial charge is 0.0597 e. The van der Waals surface area contributed by atoms with Crippen LogP contribution in [0.15, 0.2) is 6.07 Å². The molecule has 0 aliphatic heterocycles. The SMILES string of the molecule is CCn1nc(C)cc1CNC1CCCC(C)(C)C1. The Bertz CT molecular complexity index is 392. The van der Waals surface area contributed by atoms with Crippen molar-refractivity contribution in [2.45, 2.75) is 72.5 Å². The van der Waals surface area contributed by atoms with E-state index >= 15 is 0 Å². The quantitative estimate of drug-likeness (QED) is 0.887. The summed E-state index contributed by atoms with van der Waals surface area (Å²) >= 11 is 0. The average molecular weight is 249 g/mol. The van der Waals surface area contributed by atoms with E-state index in [1.807, 2.05) is 0 Å². The van der Waals surface area contributed by atoms with Gasteiger partial charge in [0.05, 0.1) is 11.4 Å². The third kappa shape index (κ3) is 3.35. The van der Waals surface area contributed by atoms with E-state index < -0.39 is 0 Å². The fourth-order valence-electron chi connectivity index (χ4n) is 3.14. The summed E-state index contributed by atoms with van der Waals surface area (Å²) in [5, 5.41) is 8.22. The fraction of sp³-hybridized carbons (Fsp3) is 0.800. The van der Waals surface area contributed by atoms with Crippen molar-refractivity contribution >= 4 is 0 Å². The highest BCUT2D eigenvalue weighted by atomic mass is 15.3. The molecule has 1 fully saturated rings. The van der Waals surface area contributed by atoms with E-state index in [1.165, 1.54) is 31.4 Å². The van der Waals surface area contributed by atoms with Crippen molar-refractivity contribution in [2.24, 2.45) is 5.41 Å². The molecule has 0 bridgehead atoms. The van der Waals surface area contributed by atoms with Crippen LogP contribution in [0.5, 0.6) is 0 Å². The van der Waals surface area contributed by atoms with Crippen LogP contribution in [0.4, 0.5) is 0 Å². The molecule has 0 spiro atoms. The van der Waals surface area contributed by atoms with Gasteiger partial charge in [-0.15, -0.1) is 0 Å². The Morgan fingerprint density at radius 1 is 1.50 bits per heavy atom. The lowest BCUT2D eigenvalue weighted by atomic mass is 9.75. The van der Waals surface area contributed by atoms with Crippen molar-refractivity contribution in [3.8, 4) is 0 Å². The maximum Gasteiger partial charge on any atom is 0.0597 e. The molecule has 18 heavy (non-hydrogen) atoms. The van der Waals surface area contributed by atoms with Crippen LogP contribution in [-0.2, 0) is 13.1 Å². The van der Waals surface area contributed by atoms with E-state index in [-0.39, 0.29) is 0 Å². The summed E-state index contributed by atoms with van der Waals surface area (Å²) in [5.74, 6) is 0. The van der Waals surface area contributed by atoms with Crippen molar-refractivity contribution in [3.05, 3.63) is 17.5 Å². The Labute approximate surface area is 111 Å². The second-order valence-corrected chi connectivity index (χ2v) is 6.43. The molecule has 1 unspecified atom stereocenters. The van der Waals surface area contributed by atoms with E-state index in [9.17, 15) is 0 Å². The van der Waals surface area contributed by atoms with Crippen molar-refractivity contribution in [3.63, 3.8) is 0 Å². The maximum absolute atomic E-state index is 4.50. The first-order valence-electron chi connectivity index (χ1n) is 7.27. The highest BCUT2D eigenvalue weighted by molar-refractivity contribution is 5.09. The summed E-state index contributed by atoms with van der Waals surface area (Å²) in [7, 11) is 0. The molecule has 2 rings (SSSR count). The van der Waals surface area contributed by atoms with Crippen molar-refractivity contribution in [1.82, 2.24) is 15.1 Å². The van der Waals surface area contributed by atoms with Gasteiger partial charge in [-0.05, 0) is 44.6 Å². The first-order chi connectivity index (χ1) is 8.50. The monoisotopic (exact) mass is 249 g/mol. The van der Waals surface area contributed by atoms with Gasteiger partial charge in [-0.2, -0.15) is 5.10 Å². The Kier molecular flexibility index (Phi) is 4.10. The van der Waals surface area contributed by atoms with Crippen LogP contribution in [0, 0.1) is 12.3 Å². The lowest BCUT2D eigenvalue weighted by Gasteiger charge is -2.35. The molecule has 1 aliphatic carbocycles. The van der Waals surface area contributed by atoms with Gasteiger partial charge in [0.2, 0.25) is 0 Å². The van der Waals surface area contributed by atoms with E-state index in [1.54, 1.807) is 0 Å². The van der Waals surface area contributed by atoms with E-state index in [4.69, 9.17) is 0 Å². The normalized spacial score (nSPS) is 23.2. The number of aromatic nitrogens is 2. The molecule has 1 saturated carbocycles. The zero-order chi connectivity index (χ0) is 13.2. The van der Waals surface area contributed by atoms with Crippen LogP contribution in [0.2, 0.25) is 0 Å². The molecule has 3 nitrogen and oxygen atoms in total. The summed E-state index contributed by atoms with van der Waals surface area (Å²) in [4.78, 5) is 0. The van der Waals surface area contributed by atoms with Crippen LogP contribution in [0.3, 0.4) is 0 Å². The molecular weight excluding hydrogens is 222 g/mol. The molecular formula is C15H27N3. The largest absolute Gasteiger partial charge is 0.308 e. The molecule has 1 heterocycles. The highest BCUT2D eigenvalue weighted by Crippen LogP contribution is 2.35. The number of nitrogens with one attached hydrogen (secondary N) is 1. The van der Waals surface area contributed by atoms with Crippen LogP contribution in [-0.4, -0.2) is 15.8 Å². The first kappa shape index (κ1) is 13.6. The van der Waals surface area contributed by atoms with Gasteiger partial charge in [-0.25, -0.2) is 0 Å². The minimum atomic E-state index is 0.511. The second kappa shape index (κ2) is 5.43. The molecule has 0 amide bonds. The van der Waals surface area contributed by atoms with Crippen LogP contribution < -0.4 is 5.32 Å². The summed E-state index contributed by atoms with van der Waals surface area (Å²) < 4.78 is 2.11. The van der Waals surface area contributed by atoms with Gasteiger partial charge >= 0.3 is 0 Å². The van der Waals surface area contributed by atoms with Gasteiger partial charge in [0.25, 0.3) is 0 Å². The van der Waals surface area contributed by atoms with Crippen molar-refractivity contribution < 1.29 is 0 Å². The van der Waals surface area contributed by atoms with Gasteiger partial charge in [0.15, 0.2) is 0 Å². The predicted octanol–water partition coefficient (Wildman–Crippen LogP) is 3.27. The van der Waals surface area contributed by atoms with Gasteiger partial charge < -0.3 is 5.32 Å². The summed E-state index contributed by atoms with van der Waals surface area (Å²) in [5.41, 5.74) is 2.95. The van der Waals surface area contributed by atoms with E-state index in [0.29, 0.717) is 11.5 Å². The third-order valence-corrected chi connectivity index (χ3v) is 4.06. The van der Waals surface area contributed by atoms with Crippen LogP contribution >= 0.6 is 0 Å². The first-order valence-corrected chi connectivity index (χ1v) is 7.27. The number of rotatable bonds is 4. The molecule has 102 valence electrons. The van der Waals surface area contributed by atoms with Crippen molar-refractivity contribution in [2.75, 3.05) is 0 Å². The Hall–Kier alpha value is -0.830. The van der Waals surface area contributed by atoms with Gasteiger partial charge in [0, 0.05) is 19.1 Å². The van der Waals surface area contributed by atoms with E-state index in [0.717, 1.165) is 18.8 Å². The highest BCUT2D eigenvalue weighted by Gasteiger charge is 2.27. The Morgan fingerprint density at radius 2 is 2.28 bits per heavy atom. The summed E-state index contributed by atoms with van der Waals surface area (Å²) in [6, 6.07) is 2.87. The minimum absolute atomic E-state index is 0.511. The lowest BCUT2D eigenvalue weighted by molar-refractivity contribution is 0.197. The van der Waals surface area contributed by atoms with Gasteiger partial charge in [-0.3, -0.25) is 4.68 Å². The number of nitrogens with zero attached hydrogens (tertiary/aromatic N) is 2. The van der Waals surface area contributed by atoms with Crippen molar-refractivity contribution in [1.29, 1.82) is 0 Å². The average Bonchev–Trinajstić information content (AvgIpc) is 2.66. The standard InChI is InChI=1S/C15H27N3/c1-5-18-14(9-12(2)17-18)11-16-13-7-6-8-15(3,4)10-13/h9,13,16H,5-8,10-11H2,1-4H3. The molecule has 0 radical (unpaired) electrons. The van der Waals surface area contributed by atoms with Crippen LogP contribution in [0.25, 0.3) is 0 Å². The third-order valence-electron chi connectivity index (χ3n) is 4.06. The Morgan fingerprint density at radius 3 is 2.94 bits per heavy atom. The van der Waals surface area contributed by atoms with Crippen LogP contribution in [0.1, 0.15) is 57.8 Å². The van der Waals surface area contributed by atoms with Gasteiger partial charge in [-0.1, -0.05) is 20.3 Å². The molecule has 3 heteroatoms. The molecule has 1 atom stereocenters. The number of hydrogen-bond acceptors (Lipinski definition) is 2. The van der Waals surface area contributed by atoms with Gasteiger partial charge in [0.1, 0.15) is 0 Å². The van der Waals surface area contributed by atoms with E-state index in [2.05, 4.69) is 48.9 Å². The molecule has 1 aliphatic rings. The zero-order valence-corrected chi connectivity index (χ0v) is 12.3. The number of aryl methyl sites for hydroxylation is 2. The second-order valence-electron chi connectivity index (χ2n) is 6.43. The number of hydrogen-bond donors (Lipinski definition) is 1. The molecule has 1 aromatic rings. The summed E-state index contributed by atoms with van der Waals surface area (Å²) in [6.07, 6.45) is 5.35. The zero-order valence-electron chi connectivity index (χ0n) is 12.3.